The molecule has 1 aromatic carbocycles. The summed E-state index contributed by atoms with van der Waals surface area (Å²) in [5, 5.41) is 13.7. The summed E-state index contributed by atoms with van der Waals surface area (Å²) in [6, 6.07) is 7.43. The van der Waals surface area contributed by atoms with Crippen molar-refractivity contribution in [3.05, 3.63) is 56.2 Å². The molecule has 0 aliphatic carbocycles. The van der Waals surface area contributed by atoms with E-state index in [9.17, 15) is 14.5 Å². The van der Waals surface area contributed by atoms with Gasteiger partial charge in [-0.3, -0.25) is 10.1 Å². The maximum absolute atomic E-state index is 13.4. The SMILES string of the molecule is O=[N+]([O-])c1ccc(CNc2c(F)cccc2Cl)s1. The molecule has 0 fully saturated rings. The van der Waals surface area contributed by atoms with E-state index in [0.29, 0.717) is 6.54 Å². The molecule has 1 heterocycles. The lowest BCUT2D eigenvalue weighted by atomic mass is 10.3. The normalized spacial score (nSPS) is 10.3. The first kappa shape index (κ1) is 12.8. The van der Waals surface area contributed by atoms with E-state index in [0.717, 1.165) is 16.2 Å². The Morgan fingerprint density at radius 1 is 1.39 bits per heavy atom. The van der Waals surface area contributed by atoms with Crippen LogP contribution in [0, 0.1) is 15.9 Å². The van der Waals surface area contributed by atoms with Gasteiger partial charge in [0, 0.05) is 17.5 Å². The molecule has 4 nitrogen and oxygen atoms in total. The van der Waals surface area contributed by atoms with Crippen molar-refractivity contribution in [1.82, 2.24) is 0 Å². The Bertz CT molecular complexity index is 568. The first-order valence-corrected chi connectivity index (χ1v) is 6.18. The number of halogens is 2. The smallest absolute Gasteiger partial charge is 0.324 e. The molecule has 18 heavy (non-hydrogen) atoms. The van der Waals surface area contributed by atoms with Crippen LogP contribution >= 0.6 is 22.9 Å². The van der Waals surface area contributed by atoms with Gasteiger partial charge >= 0.3 is 5.00 Å². The van der Waals surface area contributed by atoms with Crippen molar-refractivity contribution in [3.8, 4) is 0 Å². The van der Waals surface area contributed by atoms with E-state index in [1.54, 1.807) is 12.1 Å². The molecule has 0 spiro atoms. The van der Waals surface area contributed by atoms with Crippen LogP contribution in [0.4, 0.5) is 15.1 Å². The molecule has 0 saturated heterocycles. The molecule has 0 bridgehead atoms. The Morgan fingerprint density at radius 2 is 2.17 bits per heavy atom. The molecule has 94 valence electrons. The van der Waals surface area contributed by atoms with Crippen LogP contribution in [-0.2, 0) is 6.54 Å². The van der Waals surface area contributed by atoms with Crippen molar-refractivity contribution in [2.75, 3.05) is 5.32 Å². The van der Waals surface area contributed by atoms with Crippen LogP contribution in [0.5, 0.6) is 0 Å². The number of hydrogen-bond acceptors (Lipinski definition) is 4. The molecule has 2 rings (SSSR count). The molecule has 0 aliphatic heterocycles. The number of nitro groups is 1. The highest BCUT2D eigenvalue weighted by molar-refractivity contribution is 7.15. The Kier molecular flexibility index (Phi) is 3.78. The molecule has 0 saturated carbocycles. The molecular formula is C11H8ClFN2O2S. The summed E-state index contributed by atoms with van der Waals surface area (Å²) in [4.78, 5) is 10.8. The number of hydrogen-bond donors (Lipinski definition) is 1. The zero-order valence-electron chi connectivity index (χ0n) is 9.02. The summed E-state index contributed by atoms with van der Waals surface area (Å²) in [5.74, 6) is -0.450. The quantitative estimate of drug-likeness (QED) is 0.681. The summed E-state index contributed by atoms with van der Waals surface area (Å²) in [7, 11) is 0. The summed E-state index contributed by atoms with van der Waals surface area (Å²) in [5.41, 5.74) is 0.204. The van der Waals surface area contributed by atoms with E-state index >= 15 is 0 Å². The number of anilines is 1. The number of thiophene rings is 1. The van der Waals surface area contributed by atoms with Crippen LogP contribution in [-0.4, -0.2) is 4.92 Å². The van der Waals surface area contributed by atoms with Gasteiger partial charge in [0.2, 0.25) is 0 Å². The molecular weight excluding hydrogens is 279 g/mol. The van der Waals surface area contributed by atoms with Gasteiger partial charge in [-0.1, -0.05) is 29.0 Å². The second-order valence-electron chi connectivity index (χ2n) is 3.45. The largest absolute Gasteiger partial charge is 0.377 e. The van der Waals surface area contributed by atoms with Gasteiger partial charge in [-0.2, -0.15) is 0 Å². The zero-order chi connectivity index (χ0) is 13.1. The van der Waals surface area contributed by atoms with Gasteiger partial charge in [0.1, 0.15) is 5.82 Å². The van der Waals surface area contributed by atoms with Crippen LogP contribution in [0.15, 0.2) is 30.3 Å². The van der Waals surface area contributed by atoms with Crippen molar-refractivity contribution >= 4 is 33.6 Å². The van der Waals surface area contributed by atoms with Crippen LogP contribution in [0.25, 0.3) is 0 Å². The predicted octanol–water partition coefficient (Wildman–Crippen LogP) is 4.06. The molecule has 0 aliphatic rings. The van der Waals surface area contributed by atoms with Gasteiger partial charge in [0.05, 0.1) is 15.6 Å². The summed E-state index contributed by atoms with van der Waals surface area (Å²) in [6.45, 7) is 0.291. The van der Waals surface area contributed by atoms with Gasteiger partial charge < -0.3 is 5.32 Å². The highest BCUT2D eigenvalue weighted by Gasteiger charge is 2.11. The maximum atomic E-state index is 13.4. The molecule has 1 aromatic heterocycles. The van der Waals surface area contributed by atoms with Crippen molar-refractivity contribution in [2.24, 2.45) is 0 Å². The molecule has 0 atom stereocenters. The van der Waals surface area contributed by atoms with E-state index < -0.39 is 10.7 Å². The lowest BCUT2D eigenvalue weighted by molar-refractivity contribution is -0.380. The van der Waals surface area contributed by atoms with E-state index in [4.69, 9.17) is 11.6 Å². The Hall–Kier alpha value is -1.66. The van der Waals surface area contributed by atoms with Gasteiger partial charge in [0.25, 0.3) is 0 Å². The van der Waals surface area contributed by atoms with Gasteiger partial charge in [-0.25, -0.2) is 4.39 Å². The maximum Gasteiger partial charge on any atom is 0.324 e. The number of para-hydroxylation sites is 1. The molecule has 0 amide bonds. The third kappa shape index (κ3) is 2.77. The highest BCUT2D eigenvalue weighted by atomic mass is 35.5. The van der Waals surface area contributed by atoms with Crippen molar-refractivity contribution < 1.29 is 9.31 Å². The third-order valence-corrected chi connectivity index (χ3v) is 3.58. The van der Waals surface area contributed by atoms with Crippen LogP contribution in [0.1, 0.15) is 4.88 Å². The zero-order valence-corrected chi connectivity index (χ0v) is 10.6. The van der Waals surface area contributed by atoms with Crippen LogP contribution in [0.3, 0.4) is 0 Å². The van der Waals surface area contributed by atoms with Crippen LogP contribution in [0.2, 0.25) is 5.02 Å². The second-order valence-corrected chi connectivity index (χ2v) is 5.00. The molecule has 2 aromatic rings. The van der Waals surface area contributed by atoms with Gasteiger partial charge in [0.15, 0.2) is 0 Å². The third-order valence-electron chi connectivity index (χ3n) is 2.23. The van der Waals surface area contributed by atoms with E-state index in [2.05, 4.69) is 5.32 Å². The average molecular weight is 287 g/mol. The minimum absolute atomic E-state index is 0.0615. The fraction of sp³-hybridized carbons (Fsp3) is 0.0909. The predicted molar refractivity (Wildman–Crippen MR) is 69.7 cm³/mol. The number of rotatable bonds is 4. The number of nitrogens with zero attached hydrogens (tertiary/aromatic N) is 1. The lowest BCUT2D eigenvalue weighted by Crippen LogP contribution is -2.00. The van der Waals surface area contributed by atoms with Crippen molar-refractivity contribution in [3.63, 3.8) is 0 Å². The van der Waals surface area contributed by atoms with E-state index in [1.165, 1.54) is 18.2 Å². The number of nitrogens with one attached hydrogen (secondary N) is 1. The van der Waals surface area contributed by atoms with Crippen molar-refractivity contribution in [2.45, 2.75) is 6.54 Å². The topological polar surface area (TPSA) is 55.2 Å². The fourth-order valence-corrected chi connectivity index (χ4v) is 2.39. The minimum Gasteiger partial charge on any atom is -0.377 e. The fourth-order valence-electron chi connectivity index (χ4n) is 1.40. The molecule has 1 N–H and O–H groups in total. The minimum atomic E-state index is -0.454. The Morgan fingerprint density at radius 3 is 2.78 bits per heavy atom. The second kappa shape index (κ2) is 5.32. The van der Waals surface area contributed by atoms with E-state index in [-0.39, 0.29) is 15.7 Å². The lowest BCUT2D eigenvalue weighted by Gasteiger charge is -2.07. The molecule has 0 unspecified atom stereocenters. The molecule has 0 radical (unpaired) electrons. The standard InChI is InChI=1S/C11H8ClFN2O2S/c12-8-2-1-3-9(13)11(8)14-6-7-4-5-10(18-7)15(16)17/h1-5,14H,6H2. The number of benzene rings is 1. The highest BCUT2D eigenvalue weighted by Crippen LogP contribution is 2.28. The van der Waals surface area contributed by atoms with Crippen molar-refractivity contribution in [1.29, 1.82) is 0 Å². The average Bonchev–Trinajstić information content (AvgIpc) is 2.77. The first-order chi connectivity index (χ1) is 8.58. The van der Waals surface area contributed by atoms with Gasteiger partial charge in [-0.15, -0.1) is 0 Å². The first-order valence-electron chi connectivity index (χ1n) is 4.99. The molecule has 7 heteroatoms. The van der Waals surface area contributed by atoms with Gasteiger partial charge in [-0.05, 0) is 18.2 Å². The summed E-state index contributed by atoms with van der Waals surface area (Å²) in [6.07, 6.45) is 0. The van der Waals surface area contributed by atoms with Crippen LogP contribution < -0.4 is 5.32 Å². The summed E-state index contributed by atoms with van der Waals surface area (Å²) < 4.78 is 13.4. The van der Waals surface area contributed by atoms with E-state index in [1.807, 2.05) is 0 Å². The monoisotopic (exact) mass is 286 g/mol. The Balaban J connectivity index is 2.09. The Labute approximate surface area is 111 Å². The summed E-state index contributed by atoms with van der Waals surface area (Å²) >= 11 is 6.89.